The second-order valence-electron chi connectivity index (χ2n) is 5.61. The first kappa shape index (κ1) is 16.3. The SMILES string of the molecule is C[C@H](CNC(=O)/C=C/c1c(Cl)nc2ccccn12)c1ccccc1. The molecule has 1 aromatic carbocycles. The molecule has 0 bridgehead atoms. The Morgan fingerprint density at radius 3 is 2.79 bits per heavy atom. The van der Waals surface area contributed by atoms with Crippen LogP contribution in [0.5, 0.6) is 0 Å². The van der Waals surface area contributed by atoms with E-state index in [9.17, 15) is 4.79 Å². The van der Waals surface area contributed by atoms with Crippen molar-refractivity contribution in [3.8, 4) is 0 Å². The number of nitrogens with zero attached hydrogens (tertiary/aromatic N) is 2. The summed E-state index contributed by atoms with van der Waals surface area (Å²) < 4.78 is 1.85. The molecule has 0 unspecified atom stereocenters. The number of rotatable bonds is 5. The van der Waals surface area contributed by atoms with Gasteiger partial charge in [-0.2, -0.15) is 0 Å². The maximum atomic E-state index is 12.1. The Labute approximate surface area is 145 Å². The fourth-order valence-electron chi connectivity index (χ4n) is 2.50. The van der Waals surface area contributed by atoms with Crippen LogP contribution in [0.25, 0.3) is 11.7 Å². The second-order valence-corrected chi connectivity index (χ2v) is 5.96. The van der Waals surface area contributed by atoms with Gasteiger partial charge < -0.3 is 5.32 Å². The van der Waals surface area contributed by atoms with Crippen molar-refractivity contribution in [1.29, 1.82) is 0 Å². The van der Waals surface area contributed by atoms with Crippen molar-refractivity contribution in [3.05, 3.63) is 77.2 Å². The van der Waals surface area contributed by atoms with Crippen LogP contribution < -0.4 is 5.32 Å². The number of amides is 1. The monoisotopic (exact) mass is 339 g/mol. The number of hydrogen-bond donors (Lipinski definition) is 1. The lowest BCUT2D eigenvalue weighted by Gasteiger charge is -2.11. The van der Waals surface area contributed by atoms with Gasteiger partial charge in [0.1, 0.15) is 5.65 Å². The Morgan fingerprint density at radius 2 is 2.00 bits per heavy atom. The van der Waals surface area contributed by atoms with Crippen LogP contribution >= 0.6 is 11.6 Å². The van der Waals surface area contributed by atoms with Crippen LogP contribution in [0.2, 0.25) is 5.15 Å². The van der Waals surface area contributed by atoms with Crippen LogP contribution in [-0.4, -0.2) is 21.8 Å². The zero-order chi connectivity index (χ0) is 16.9. The van der Waals surface area contributed by atoms with Gasteiger partial charge >= 0.3 is 0 Å². The summed E-state index contributed by atoms with van der Waals surface area (Å²) in [6, 6.07) is 15.8. The van der Waals surface area contributed by atoms with Crippen molar-refractivity contribution < 1.29 is 4.79 Å². The van der Waals surface area contributed by atoms with Gasteiger partial charge in [-0.25, -0.2) is 4.98 Å². The largest absolute Gasteiger partial charge is 0.352 e. The molecule has 0 saturated heterocycles. The Balaban J connectivity index is 1.64. The van der Waals surface area contributed by atoms with Gasteiger partial charge in [-0.15, -0.1) is 0 Å². The molecule has 0 radical (unpaired) electrons. The maximum absolute atomic E-state index is 12.1. The molecule has 0 aliphatic carbocycles. The van der Waals surface area contributed by atoms with E-state index in [0.717, 1.165) is 5.65 Å². The van der Waals surface area contributed by atoms with Gasteiger partial charge in [-0.05, 0) is 29.7 Å². The molecule has 1 N–H and O–H groups in total. The minimum atomic E-state index is -0.153. The second kappa shape index (κ2) is 7.32. The standard InChI is InChI=1S/C19H18ClN3O/c1-14(15-7-3-2-4-8-15)13-21-18(24)11-10-16-19(20)22-17-9-5-6-12-23(16)17/h2-12,14H,13H2,1H3,(H,21,24)/b11-10+/t14-/m1/s1. The quantitative estimate of drug-likeness (QED) is 0.716. The average molecular weight is 340 g/mol. The first-order valence-corrected chi connectivity index (χ1v) is 8.16. The first-order chi connectivity index (χ1) is 11.6. The fraction of sp³-hybridized carbons (Fsp3) is 0.158. The van der Waals surface area contributed by atoms with E-state index in [4.69, 9.17) is 11.6 Å². The van der Waals surface area contributed by atoms with Gasteiger partial charge in [0.15, 0.2) is 5.15 Å². The van der Waals surface area contributed by atoms with Crippen LogP contribution in [0.4, 0.5) is 0 Å². The minimum absolute atomic E-state index is 0.153. The van der Waals surface area contributed by atoms with E-state index in [-0.39, 0.29) is 11.8 Å². The molecule has 0 fully saturated rings. The van der Waals surface area contributed by atoms with Crippen LogP contribution in [0.15, 0.2) is 60.8 Å². The number of nitrogens with one attached hydrogen (secondary N) is 1. The highest BCUT2D eigenvalue weighted by Crippen LogP contribution is 2.19. The molecule has 0 saturated carbocycles. The van der Waals surface area contributed by atoms with Gasteiger partial charge in [-0.1, -0.05) is 54.9 Å². The summed E-state index contributed by atoms with van der Waals surface area (Å²) in [6.07, 6.45) is 5.04. The highest BCUT2D eigenvalue weighted by Gasteiger charge is 2.08. The van der Waals surface area contributed by atoms with Crippen LogP contribution in [0.1, 0.15) is 24.1 Å². The number of carbonyl (C=O) groups excluding carboxylic acids is 1. The molecule has 5 heteroatoms. The number of fused-ring (bicyclic) bond motifs is 1. The molecule has 122 valence electrons. The van der Waals surface area contributed by atoms with Gasteiger partial charge in [-0.3, -0.25) is 9.20 Å². The molecular weight excluding hydrogens is 322 g/mol. The van der Waals surface area contributed by atoms with Crippen LogP contribution in [0, 0.1) is 0 Å². The lowest BCUT2D eigenvalue weighted by Crippen LogP contribution is -2.25. The van der Waals surface area contributed by atoms with E-state index in [0.29, 0.717) is 17.4 Å². The highest BCUT2D eigenvalue weighted by atomic mass is 35.5. The van der Waals surface area contributed by atoms with Crippen molar-refractivity contribution in [3.63, 3.8) is 0 Å². The first-order valence-electron chi connectivity index (χ1n) is 7.78. The predicted octanol–water partition coefficient (Wildman–Crippen LogP) is 3.92. The summed E-state index contributed by atoms with van der Waals surface area (Å²) in [5, 5.41) is 3.29. The molecule has 1 atom stereocenters. The zero-order valence-corrected chi connectivity index (χ0v) is 14.1. The smallest absolute Gasteiger partial charge is 0.244 e. The van der Waals surface area contributed by atoms with Crippen molar-refractivity contribution in [2.75, 3.05) is 6.54 Å². The molecule has 0 spiro atoms. The Bertz CT molecular complexity index is 871. The highest BCUT2D eigenvalue weighted by molar-refractivity contribution is 6.31. The Morgan fingerprint density at radius 1 is 1.25 bits per heavy atom. The number of carbonyl (C=O) groups is 1. The number of benzene rings is 1. The third kappa shape index (κ3) is 3.66. The lowest BCUT2D eigenvalue weighted by molar-refractivity contribution is -0.116. The molecular formula is C19H18ClN3O. The number of aromatic nitrogens is 2. The van der Waals surface area contributed by atoms with Crippen molar-refractivity contribution in [1.82, 2.24) is 14.7 Å². The Hall–Kier alpha value is -2.59. The van der Waals surface area contributed by atoms with E-state index in [1.807, 2.05) is 47.0 Å². The summed E-state index contributed by atoms with van der Waals surface area (Å²) >= 11 is 6.14. The van der Waals surface area contributed by atoms with Crippen LogP contribution in [0.3, 0.4) is 0 Å². The Kier molecular flexibility index (Phi) is 4.96. The topological polar surface area (TPSA) is 46.4 Å². The van der Waals surface area contributed by atoms with E-state index >= 15 is 0 Å². The average Bonchev–Trinajstić information content (AvgIpc) is 2.93. The zero-order valence-electron chi connectivity index (χ0n) is 13.3. The number of halogens is 1. The molecule has 2 aromatic heterocycles. The van der Waals surface area contributed by atoms with Gasteiger partial charge in [0, 0.05) is 18.8 Å². The molecule has 0 aliphatic heterocycles. The molecule has 24 heavy (non-hydrogen) atoms. The molecule has 1 amide bonds. The van der Waals surface area contributed by atoms with Crippen molar-refractivity contribution in [2.45, 2.75) is 12.8 Å². The summed E-state index contributed by atoms with van der Waals surface area (Å²) in [6.45, 7) is 2.66. The number of imidazole rings is 1. The fourth-order valence-corrected chi connectivity index (χ4v) is 2.74. The summed E-state index contributed by atoms with van der Waals surface area (Å²) in [5.74, 6) is 0.0997. The lowest BCUT2D eigenvalue weighted by atomic mass is 10.0. The predicted molar refractivity (Wildman–Crippen MR) is 97.1 cm³/mol. The van der Waals surface area contributed by atoms with E-state index < -0.39 is 0 Å². The molecule has 4 nitrogen and oxygen atoms in total. The van der Waals surface area contributed by atoms with E-state index in [1.54, 1.807) is 6.08 Å². The van der Waals surface area contributed by atoms with Gasteiger partial charge in [0.2, 0.25) is 5.91 Å². The number of hydrogen-bond acceptors (Lipinski definition) is 2. The van der Waals surface area contributed by atoms with Crippen molar-refractivity contribution >= 4 is 29.2 Å². The number of pyridine rings is 1. The maximum Gasteiger partial charge on any atom is 0.244 e. The molecule has 3 rings (SSSR count). The van der Waals surface area contributed by atoms with Crippen LogP contribution in [-0.2, 0) is 4.79 Å². The molecule has 2 heterocycles. The third-order valence-corrected chi connectivity index (χ3v) is 4.14. The summed E-state index contributed by atoms with van der Waals surface area (Å²) in [5.41, 5.74) is 2.64. The summed E-state index contributed by atoms with van der Waals surface area (Å²) in [4.78, 5) is 16.3. The van der Waals surface area contributed by atoms with E-state index in [2.05, 4.69) is 29.4 Å². The van der Waals surface area contributed by atoms with Crippen molar-refractivity contribution in [2.24, 2.45) is 0 Å². The summed E-state index contributed by atoms with van der Waals surface area (Å²) in [7, 11) is 0. The van der Waals surface area contributed by atoms with E-state index in [1.165, 1.54) is 11.6 Å². The third-order valence-electron chi connectivity index (χ3n) is 3.87. The normalized spacial score (nSPS) is 12.6. The minimum Gasteiger partial charge on any atom is -0.352 e. The van der Waals surface area contributed by atoms with Gasteiger partial charge in [0.05, 0.1) is 5.69 Å². The molecule has 0 aliphatic rings. The molecule has 3 aromatic rings. The van der Waals surface area contributed by atoms with Gasteiger partial charge in [0.25, 0.3) is 0 Å².